The largest absolute Gasteiger partial charge is 0.466 e. The van der Waals surface area contributed by atoms with Crippen LogP contribution in [0.2, 0.25) is 0 Å². The van der Waals surface area contributed by atoms with Crippen molar-refractivity contribution in [2.45, 2.75) is 36.3 Å². The Bertz CT molecular complexity index is 771. The Balaban J connectivity index is 1.53. The second-order valence-electron chi connectivity index (χ2n) is 6.48. The fourth-order valence-corrected chi connectivity index (χ4v) is 5.16. The van der Waals surface area contributed by atoms with E-state index in [4.69, 9.17) is 4.74 Å². The lowest BCUT2D eigenvalue weighted by atomic mass is 9.97. The van der Waals surface area contributed by atoms with Crippen molar-refractivity contribution in [1.82, 2.24) is 9.88 Å². The number of carbonyl (C=O) groups is 2. The van der Waals surface area contributed by atoms with Crippen molar-refractivity contribution >= 4 is 35.0 Å². The van der Waals surface area contributed by atoms with Gasteiger partial charge in [0.1, 0.15) is 0 Å². The first kappa shape index (κ1) is 19.9. The van der Waals surface area contributed by atoms with Gasteiger partial charge in [0.05, 0.1) is 23.5 Å². The first-order valence-electron chi connectivity index (χ1n) is 9.21. The van der Waals surface area contributed by atoms with Gasteiger partial charge in [-0.25, -0.2) is 4.98 Å². The summed E-state index contributed by atoms with van der Waals surface area (Å²) in [6.07, 6.45) is 1.36. The van der Waals surface area contributed by atoms with Crippen LogP contribution < -0.4 is 0 Å². The van der Waals surface area contributed by atoms with E-state index in [0.717, 1.165) is 15.6 Å². The number of carbonyl (C=O) groups excluding carboxylic acids is 2. The Hall–Kier alpha value is -1.86. The number of piperidine rings is 1. The molecule has 1 aliphatic heterocycles. The van der Waals surface area contributed by atoms with E-state index in [1.807, 2.05) is 54.5 Å². The number of benzene rings is 1. The molecule has 1 amide bonds. The van der Waals surface area contributed by atoms with Gasteiger partial charge in [-0.3, -0.25) is 9.59 Å². The van der Waals surface area contributed by atoms with Crippen LogP contribution in [0, 0.1) is 5.92 Å². The lowest BCUT2D eigenvalue weighted by molar-refractivity contribution is -0.151. The van der Waals surface area contributed by atoms with E-state index in [1.54, 1.807) is 11.3 Å². The molecule has 0 spiro atoms. The van der Waals surface area contributed by atoms with Gasteiger partial charge in [0, 0.05) is 24.0 Å². The molecule has 1 aliphatic rings. The molecule has 1 atom stereocenters. The number of amides is 1. The van der Waals surface area contributed by atoms with E-state index >= 15 is 0 Å². The summed E-state index contributed by atoms with van der Waals surface area (Å²) in [6, 6.07) is 10.0. The number of likely N-dealkylation sites (tertiary alicyclic amines) is 1. The van der Waals surface area contributed by atoms with Crippen molar-refractivity contribution < 1.29 is 14.3 Å². The Morgan fingerprint density at radius 1 is 1.30 bits per heavy atom. The monoisotopic (exact) mass is 404 g/mol. The topological polar surface area (TPSA) is 59.5 Å². The average Bonchev–Trinajstić information content (AvgIpc) is 3.17. The molecule has 1 aromatic heterocycles. The van der Waals surface area contributed by atoms with E-state index < -0.39 is 0 Å². The number of thiazole rings is 1. The summed E-state index contributed by atoms with van der Waals surface area (Å²) in [7, 11) is 0. The SMILES string of the molecule is CCOC(=O)C1CCN(C(=O)C(C)Sc2nc(-c3ccccc3)cs2)CC1. The molecule has 0 saturated carbocycles. The molecule has 27 heavy (non-hydrogen) atoms. The molecule has 3 rings (SSSR count). The van der Waals surface area contributed by atoms with Crippen molar-refractivity contribution in [3.05, 3.63) is 35.7 Å². The molecular weight excluding hydrogens is 380 g/mol. The third kappa shape index (κ3) is 5.11. The van der Waals surface area contributed by atoms with Crippen LogP contribution in [0.15, 0.2) is 40.1 Å². The van der Waals surface area contributed by atoms with E-state index in [-0.39, 0.29) is 23.0 Å². The van der Waals surface area contributed by atoms with Gasteiger partial charge in [-0.15, -0.1) is 11.3 Å². The van der Waals surface area contributed by atoms with Crippen molar-refractivity contribution in [3.8, 4) is 11.3 Å². The van der Waals surface area contributed by atoms with Crippen LogP contribution >= 0.6 is 23.1 Å². The summed E-state index contributed by atoms with van der Waals surface area (Å²) < 4.78 is 5.99. The van der Waals surface area contributed by atoms with Gasteiger partial charge in [0.2, 0.25) is 5.91 Å². The summed E-state index contributed by atoms with van der Waals surface area (Å²) in [6.45, 7) is 5.37. The molecule has 1 unspecified atom stereocenters. The first-order valence-corrected chi connectivity index (χ1v) is 11.0. The standard InChI is InChI=1S/C20H24N2O3S2/c1-3-25-19(24)16-9-11-22(12-10-16)18(23)14(2)27-20-21-17(13-26-20)15-7-5-4-6-8-15/h4-8,13-14,16H,3,9-12H2,1-2H3. The maximum Gasteiger partial charge on any atom is 0.309 e. The summed E-state index contributed by atoms with van der Waals surface area (Å²) in [4.78, 5) is 31.1. The maximum absolute atomic E-state index is 12.7. The number of hydrogen-bond acceptors (Lipinski definition) is 6. The van der Waals surface area contributed by atoms with Crippen molar-refractivity contribution in [2.75, 3.05) is 19.7 Å². The zero-order valence-electron chi connectivity index (χ0n) is 15.6. The fraction of sp³-hybridized carbons (Fsp3) is 0.450. The predicted octanol–water partition coefficient (Wildman–Crippen LogP) is 4.09. The number of thioether (sulfide) groups is 1. The lowest BCUT2D eigenvalue weighted by Gasteiger charge is -2.32. The molecule has 0 bridgehead atoms. The number of ether oxygens (including phenoxy) is 1. The third-order valence-electron chi connectivity index (χ3n) is 4.60. The van der Waals surface area contributed by atoms with Crippen LogP contribution in [-0.2, 0) is 14.3 Å². The van der Waals surface area contributed by atoms with Crippen molar-refractivity contribution in [1.29, 1.82) is 0 Å². The molecule has 0 radical (unpaired) electrons. The van der Waals surface area contributed by atoms with E-state index in [0.29, 0.717) is 32.5 Å². The highest BCUT2D eigenvalue weighted by Crippen LogP contribution is 2.32. The fourth-order valence-electron chi connectivity index (χ4n) is 3.11. The molecule has 2 heterocycles. The zero-order valence-corrected chi connectivity index (χ0v) is 17.2. The normalized spacial score (nSPS) is 16.1. The van der Waals surface area contributed by atoms with Crippen LogP contribution in [0.25, 0.3) is 11.3 Å². The van der Waals surface area contributed by atoms with Gasteiger partial charge in [-0.1, -0.05) is 42.1 Å². The second kappa shape index (κ2) is 9.37. The molecule has 0 aliphatic carbocycles. The number of hydrogen-bond donors (Lipinski definition) is 0. The molecule has 1 saturated heterocycles. The van der Waals surface area contributed by atoms with Gasteiger partial charge in [0.25, 0.3) is 0 Å². The van der Waals surface area contributed by atoms with E-state index in [1.165, 1.54) is 11.8 Å². The molecule has 2 aromatic rings. The Morgan fingerprint density at radius 2 is 2.00 bits per heavy atom. The minimum absolute atomic E-state index is 0.0793. The molecule has 1 aromatic carbocycles. The minimum Gasteiger partial charge on any atom is -0.466 e. The third-order valence-corrected chi connectivity index (χ3v) is 6.66. The highest BCUT2D eigenvalue weighted by Gasteiger charge is 2.30. The van der Waals surface area contributed by atoms with E-state index in [2.05, 4.69) is 4.98 Å². The maximum atomic E-state index is 12.7. The Labute approximate surface area is 168 Å². The molecule has 0 N–H and O–H groups in total. The number of rotatable bonds is 6. The van der Waals surface area contributed by atoms with Gasteiger partial charge >= 0.3 is 5.97 Å². The Kier molecular flexibility index (Phi) is 6.90. The molecular formula is C20H24N2O3S2. The predicted molar refractivity (Wildman–Crippen MR) is 109 cm³/mol. The van der Waals surface area contributed by atoms with Crippen molar-refractivity contribution in [2.24, 2.45) is 5.92 Å². The molecule has 5 nitrogen and oxygen atoms in total. The van der Waals surface area contributed by atoms with Gasteiger partial charge in [-0.05, 0) is 26.7 Å². The summed E-state index contributed by atoms with van der Waals surface area (Å²) in [5.74, 6) is -0.105. The van der Waals surface area contributed by atoms with Crippen LogP contribution in [0.4, 0.5) is 0 Å². The second-order valence-corrected chi connectivity index (χ2v) is 8.92. The summed E-state index contributed by atoms with van der Waals surface area (Å²) in [5.41, 5.74) is 2.03. The molecule has 7 heteroatoms. The van der Waals surface area contributed by atoms with Crippen LogP contribution in [0.5, 0.6) is 0 Å². The smallest absolute Gasteiger partial charge is 0.309 e. The van der Waals surface area contributed by atoms with Gasteiger partial charge < -0.3 is 9.64 Å². The number of esters is 1. The molecule has 1 fully saturated rings. The number of nitrogens with zero attached hydrogens (tertiary/aromatic N) is 2. The number of aromatic nitrogens is 1. The molecule has 144 valence electrons. The van der Waals surface area contributed by atoms with Crippen LogP contribution in [0.1, 0.15) is 26.7 Å². The van der Waals surface area contributed by atoms with Crippen molar-refractivity contribution in [3.63, 3.8) is 0 Å². The zero-order chi connectivity index (χ0) is 19.2. The quantitative estimate of drug-likeness (QED) is 0.536. The lowest BCUT2D eigenvalue weighted by Crippen LogP contribution is -2.43. The highest BCUT2D eigenvalue weighted by atomic mass is 32.2. The average molecular weight is 405 g/mol. The summed E-state index contributed by atoms with van der Waals surface area (Å²) in [5, 5.41) is 1.83. The first-order chi connectivity index (χ1) is 13.1. The van der Waals surface area contributed by atoms with Gasteiger partial charge in [0.15, 0.2) is 4.34 Å². The summed E-state index contributed by atoms with van der Waals surface area (Å²) >= 11 is 3.07. The Morgan fingerprint density at radius 3 is 2.67 bits per heavy atom. The highest BCUT2D eigenvalue weighted by molar-refractivity contribution is 8.02. The van der Waals surface area contributed by atoms with Crippen LogP contribution in [-0.4, -0.2) is 46.7 Å². The van der Waals surface area contributed by atoms with Gasteiger partial charge in [-0.2, -0.15) is 0 Å². The van der Waals surface area contributed by atoms with Crippen LogP contribution in [0.3, 0.4) is 0 Å². The minimum atomic E-state index is -0.195. The van der Waals surface area contributed by atoms with E-state index in [9.17, 15) is 9.59 Å².